The molecule has 0 amide bonds. The van der Waals surface area contributed by atoms with Crippen LogP contribution in [-0.2, 0) is 13.2 Å². The summed E-state index contributed by atoms with van der Waals surface area (Å²) in [6.45, 7) is 0.598. The first kappa shape index (κ1) is 19.6. The van der Waals surface area contributed by atoms with Gasteiger partial charge >= 0.3 is 0 Å². The molecule has 0 fully saturated rings. The third-order valence-electron chi connectivity index (χ3n) is 4.74. The maximum absolute atomic E-state index is 14.1. The van der Waals surface area contributed by atoms with E-state index >= 15 is 0 Å². The number of hydrogen-bond acceptors (Lipinski definition) is 2. The molecule has 5 heteroatoms. The van der Waals surface area contributed by atoms with Gasteiger partial charge < -0.3 is 10.1 Å². The summed E-state index contributed by atoms with van der Waals surface area (Å²) in [7, 11) is 0. The third-order valence-corrected chi connectivity index (χ3v) is 5.35. The summed E-state index contributed by atoms with van der Waals surface area (Å²) in [6, 6.07) is 24.2. The number of benzene rings is 4. The highest BCUT2D eigenvalue weighted by Crippen LogP contribution is 2.31. The zero-order chi connectivity index (χ0) is 20.2. The minimum absolute atomic E-state index is 0.0534. The van der Waals surface area contributed by atoms with E-state index in [4.69, 9.17) is 27.9 Å². The minimum atomic E-state index is -0.376. The molecule has 0 spiro atoms. The first-order valence-corrected chi connectivity index (χ1v) is 9.93. The van der Waals surface area contributed by atoms with E-state index in [1.54, 1.807) is 12.1 Å². The molecular formula is C24H18Cl2FNO. The number of rotatable bonds is 6. The van der Waals surface area contributed by atoms with Crippen molar-refractivity contribution >= 4 is 39.7 Å². The number of ether oxygens (including phenoxy) is 1. The zero-order valence-corrected chi connectivity index (χ0v) is 17.0. The molecule has 1 N–H and O–H groups in total. The third kappa shape index (κ3) is 4.47. The van der Waals surface area contributed by atoms with E-state index in [0.717, 1.165) is 22.0 Å². The summed E-state index contributed by atoms with van der Waals surface area (Å²) in [4.78, 5) is 0. The van der Waals surface area contributed by atoms with E-state index < -0.39 is 0 Å². The standard InChI is InChI=1S/C24H18Cl2FNO/c25-17-9-11-18(12-10-17)28-14-20-19-5-2-1-4-16(19)8-13-24(20)29-15-21-22(26)6-3-7-23(21)27/h1-13,28H,14-15H2. The van der Waals surface area contributed by atoms with Crippen molar-refractivity contribution in [3.63, 3.8) is 0 Å². The molecule has 0 aliphatic heterocycles. The Morgan fingerprint density at radius 1 is 0.793 bits per heavy atom. The normalized spacial score (nSPS) is 10.9. The van der Waals surface area contributed by atoms with Crippen LogP contribution in [0.5, 0.6) is 5.75 Å². The quantitative estimate of drug-likeness (QED) is 0.345. The van der Waals surface area contributed by atoms with Gasteiger partial charge in [-0.3, -0.25) is 0 Å². The van der Waals surface area contributed by atoms with Crippen molar-refractivity contribution in [2.45, 2.75) is 13.2 Å². The zero-order valence-electron chi connectivity index (χ0n) is 15.5. The second-order valence-electron chi connectivity index (χ2n) is 6.61. The number of fused-ring (bicyclic) bond motifs is 1. The Morgan fingerprint density at radius 2 is 1.59 bits per heavy atom. The average Bonchev–Trinajstić information content (AvgIpc) is 2.73. The molecule has 146 valence electrons. The summed E-state index contributed by atoms with van der Waals surface area (Å²) < 4.78 is 20.1. The van der Waals surface area contributed by atoms with Crippen molar-refractivity contribution in [2.75, 3.05) is 5.32 Å². The van der Waals surface area contributed by atoms with Crippen molar-refractivity contribution in [1.82, 2.24) is 0 Å². The molecule has 0 unspecified atom stereocenters. The van der Waals surface area contributed by atoms with E-state index in [9.17, 15) is 4.39 Å². The topological polar surface area (TPSA) is 21.3 Å². The maximum atomic E-state index is 14.1. The van der Waals surface area contributed by atoms with Crippen molar-refractivity contribution in [2.24, 2.45) is 0 Å². The molecule has 0 bridgehead atoms. The van der Waals surface area contributed by atoms with Crippen molar-refractivity contribution < 1.29 is 9.13 Å². The summed E-state index contributed by atoms with van der Waals surface area (Å²) in [5.74, 6) is 0.309. The molecule has 0 atom stereocenters. The fourth-order valence-corrected chi connectivity index (χ4v) is 3.56. The number of hydrogen-bond donors (Lipinski definition) is 1. The highest BCUT2D eigenvalue weighted by molar-refractivity contribution is 6.31. The Kier molecular flexibility index (Phi) is 5.89. The van der Waals surface area contributed by atoms with Gasteiger partial charge in [0.1, 0.15) is 18.2 Å². The first-order valence-electron chi connectivity index (χ1n) is 9.17. The lowest BCUT2D eigenvalue weighted by Crippen LogP contribution is -2.06. The maximum Gasteiger partial charge on any atom is 0.131 e. The van der Waals surface area contributed by atoms with Crippen LogP contribution in [0.15, 0.2) is 78.9 Å². The van der Waals surface area contributed by atoms with Gasteiger partial charge in [-0.05, 0) is 53.2 Å². The first-order chi connectivity index (χ1) is 14.1. The Hall–Kier alpha value is -2.75. The molecule has 0 saturated carbocycles. The second kappa shape index (κ2) is 8.73. The molecule has 0 aliphatic carbocycles. The Balaban J connectivity index is 1.64. The van der Waals surface area contributed by atoms with Crippen molar-refractivity contribution in [1.29, 1.82) is 0 Å². The molecule has 0 saturated heterocycles. The van der Waals surface area contributed by atoms with Crippen LogP contribution in [0, 0.1) is 5.82 Å². The van der Waals surface area contributed by atoms with Crippen LogP contribution in [0.2, 0.25) is 10.0 Å². The van der Waals surface area contributed by atoms with Gasteiger partial charge in [0.05, 0.1) is 5.02 Å². The van der Waals surface area contributed by atoms with Crippen LogP contribution < -0.4 is 10.1 Å². The minimum Gasteiger partial charge on any atom is -0.488 e. The lowest BCUT2D eigenvalue weighted by atomic mass is 10.0. The number of halogens is 3. The van der Waals surface area contributed by atoms with E-state index in [1.165, 1.54) is 6.07 Å². The van der Waals surface area contributed by atoms with Crippen LogP contribution in [0.3, 0.4) is 0 Å². The van der Waals surface area contributed by atoms with E-state index in [-0.39, 0.29) is 12.4 Å². The average molecular weight is 426 g/mol. The number of anilines is 1. The van der Waals surface area contributed by atoms with E-state index in [2.05, 4.69) is 17.4 Å². The Morgan fingerprint density at radius 3 is 2.38 bits per heavy atom. The van der Waals surface area contributed by atoms with Gasteiger partial charge in [0.2, 0.25) is 0 Å². The fourth-order valence-electron chi connectivity index (χ4n) is 3.21. The monoisotopic (exact) mass is 425 g/mol. The molecule has 29 heavy (non-hydrogen) atoms. The lowest BCUT2D eigenvalue weighted by Gasteiger charge is -2.16. The predicted octanol–water partition coefficient (Wildman–Crippen LogP) is 7.48. The lowest BCUT2D eigenvalue weighted by molar-refractivity contribution is 0.297. The second-order valence-corrected chi connectivity index (χ2v) is 7.46. The molecule has 0 aliphatic rings. The van der Waals surface area contributed by atoms with Crippen LogP contribution in [-0.4, -0.2) is 0 Å². The molecular weight excluding hydrogens is 408 g/mol. The molecule has 2 nitrogen and oxygen atoms in total. The number of nitrogens with one attached hydrogen (secondary N) is 1. The molecule has 0 aromatic heterocycles. The molecule has 4 rings (SSSR count). The Labute approximate surface area is 178 Å². The van der Waals surface area contributed by atoms with Crippen LogP contribution in [0.4, 0.5) is 10.1 Å². The SMILES string of the molecule is Fc1cccc(Cl)c1COc1ccc2ccccc2c1CNc1ccc(Cl)cc1. The summed E-state index contributed by atoms with van der Waals surface area (Å²) >= 11 is 12.1. The molecule has 0 radical (unpaired) electrons. The van der Waals surface area contributed by atoms with E-state index in [1.807, 2.05) is 48.5 Å². The van der Waals surface area contributed by atoms with Crippen LogP contribution in [0.1, 0.15) is 11.1 Å². The van der Waals surface area contributed by atoms with Gasteiger partial charge in [-0.1, -0.05) is 59.6 Å². The smallest absolute Gasteiger partial charge is 0.131 e. The van der Waals surface area contributed by atoms with Gasteiger partial charge in [-0.15, -0.1) is 0 Å². The molecule has 0 heterocycles. The van der Waals surface area contributed by atoms with Gasteiger partial charge in [0.25, 0.3) is 0 Å². The highest BCUT2D eigenvalue weighted by Gasteiger charge is 2.12. The van der Waals surface area contributed by atoms with Gasteiger partial charge in [0.15, 0.2) is 0 Å². The fraction of sp³-hybridized carbons (Fsp3) is 0.0833. The molecule has 4 aromatic rings. The van der Waals surface area contributed by atoms with Gasteiger partial charge in [-0.2, -0.15) is 0 Å². The van der Waals surface area contributed by atoms with Crippen LogP contribution in [0.25, 0.3) is 10.8 Å². The Bertz CT molecular complexity index is 1130. The van der Waals surface area contributed by atoms with Crippen molar-refractivity contribution in [3.05, 3.63) is 106 Å². The van der Waals surface area contributed by atoms with Crippen LogP contribution >= 0.6 is 23.2 Å². The predicted molar refractivity (Wildman–Crippen MR) is 118 cm³/mol. The largest absolute Gasteiger partial charge is 0.488 e. The van der Waals surface area contributed by atoms with Gasteiger partial charge in [-0.25, -0.2) is 4.39 Å². The highest BCUT2D eigenvalue weighted by atomic mass is 35.5. The van der Waals surface area contributed by atoms with E-state index in [0.29, 0.717) is 27.9 Å². The van der Waals surface area contributed by atoms with Gasteiger partial charge in [0, 0.05) is 28.4 Å². The summed E-state index contributed by atoms with van der Waals surface area (Å²) in [5, 5.41) is 6.63. The van der Waals surface area contributed by atoms with Crippen molar-refractivity contribution in [3.8, 4) is 5.75 Å². The summed E-state index contributed by atoms with van der Waals surface area (Å²) in [5.41, 5.74) is 2.29. The summed E-state index contributed by atoms with van der Waals surface area (Å²) in [6.07, 6.45) is 0. The molecule has 4 aromatic carbocycles.